The fourth-order valence-corrected chi connectivity index (χ4v) is 3.46. The number of benzene rings is 2. The zero-order chi connectivity index (χ0) is 23.7. The summed E-state index contributed by atoms with van der Waals surface area (Å²) in [4.78, 5) is 0. The van der Waals surface area contributed by atoms with E-state index in [2.05, 4.69) is 83.1 Å². The van der Waals surface area contributed by atoms with Crippen LogP contribution in [0.4, 0.5) is 0 Å². The molecule has 2 rings (SSSR count). The van der Waals surface area contributed by atoms with E-state index in [0.29, 0.717) is 6.61 Å². The highest BCUT2D eigenvalue weighted by atomic mass is 16.5. The smallest absolute Gasteiger partial charge is 0.144 e. The van der Waals surface area contributed by atoms with E-state index in [1.54, 1.807) is 0 Å². The van der Waals surface area contributed by atoms with E-state index < -0.39 is 0 Å². The maximum absolute atomic E-state index is 5.97. The van der Waals surface area contributed by atoms with Gasteiger partial charge in [0.2, 0.25) is 0 Å². The van der Waals surface area contributed by atoms with Crippen molar-refractivity contribution in [2.75, 3.05) is 0 Å². The van der Waals surface area contributed by atoms with Crippen molar-refractivity contribution in [3.63, 3.8) is 0 Å². The lowest BCUT2D eigenvalue weighted by atomic mass is 9.41. The molecule has 0 saturated carbocycles. The van der Waals surface area contributed by atoms with Gasteiger partial charge in [0.15, 0.2) is 0 Å². The van der Waals surface area contributed by atoms with Crippen LogP contribution < -0.4 is 4.74 Å². The van der Waals surface area contributed by atoms with Crippen molar-refractivity contribution in [3.05, 3.63) is 65.2 Å². The van der Waals surface area contributed by atoms with Crippen molar-refractivity contribution in [2.45, 2.75) is 113 Å². The third kappa shape index (κ3) is 12.1. The van der Waals surface area contributed by atoms with Crippen molar-refractivity contribution in [2.24, 2.45) is 0 Å². The molecule has 0 amide bonds. The molecule has 0 saturated heterocycles. The third-order valence-corrected chi connectivity index (χ3v) is 5.47. The van der Waals surface area contributed by atoms with Crippen LogP contribution in [0, 0.1) is 0 Å². The second-order valence-corrected chi connectivity index (χ2v) is 8.85. The summed E-state index contributed by atoms with van der Waals surface area (Å²) in [5, 5.41) is 0. The van der Waals surface area contributed by atoms with Crippen molar-refractivity contribution in [3.8, 4) is 5.75 Å². The number of hydrogen-bond acceptors (Lipinski definition) is 1. The summed E-state index contributed by atoms with van der Waals surface area (Å²) >= 11 is 0. The first kappa shape index (κ1) is 29.3. The summed E-state index contributed by atoms with van der Waals surface area (Å²) in [6.07, 6.45) is 7.89. The molecular weight excluding hydrogens is 375 g/mol. The Morgan fingerprint density at radius 3 is 1.77 bits per heavy atom. The number of ether oxygens (including phenoxy) is 1. The summed E-state index contributed by atoms with van der Waals surface area (Å²) in [6.45, 7) is 20.7. The molecule has 2 heteroatoms. The Kier molecular flexibility index (Phi) is 16.0. The molecule has 0 fully saturated rings. The minimum atomic E-state index is 0.182. The van der Waals surface area contributed by atoms with E-state index in [1.165, 1.54) is 54.9 Å². The Labute approximate surface area is 195 Å². The lowest BCUT2D eigenvalue weighted by molar-refractivity contribution is 0.306. The molecule has 31 heavy (non-hydrogen) atoms. The minimum Gasteiger partial charge on any atom is -0.489 e. The molecule has 174 valence electrons. The van der Waals surface area contributed by atoms with Crippen LogP contribution in [0.5, 0.6) is 5.75 Å². The normalized spacial score (nSPS) is 10.4. The van der Waals surface area contributed by atoms with E-state index in [0.717, 1.165) is 12.5 Å². The summed E-state index contributed by atoms with van der Waals surface area (Å²) in [7, 11) is 0. The average Bonchev–Trinajstić information content (AvgIpc) is 2.80. The van der Waals surface area contributed by atoms with Crippen LogP contribution in [0.2, 0.25) is 12.6 Å². The van der Waals surface area contributed by atoms with E-state index in [9.17, 15) is 0 Å². The Bertz CT molecular complexity index is 653. The van der Waals surface area contributed by atoms with Crippen LogP contribution in [0.15, 0.2) is 48.5 Å². The molecule has 0 heterocycles. The first-order valence-corrected chi connectivity index (χ1v) is 12.7. The van der Waals surface area contributed by atoms with Gasteiger partial charge in [0.05, 0.1) is 0 Å². The Balaban J connectivity index is 0.00000212. The van der Waals surface area contributed by atoms with Gasteiger partial charge in [-0.2, -0.15) is 0 Å². The quantitative estimate of drug-likeness (QED) is 0.273. The molecule has 0 aromatic heterocycles. The molecule has 0 aliphatic carbocycles. The molecule has 0 N–H and O–H groups in total. The topological polar surface area (TPSA) is 9.23 Å². The maximum atomic E-state index is 5.97. The number of rotatable bonds is 10. The van der Waals surface area contributed by atoms with Gasteiger partial charge in [-0.3, -0.25) is 0 Å². The van der Waals surface area contributed by atoms with Gasteiger partial charge in [-0.25, -0.2) is 0 Å². The average molecular weight is 425 g/mol. The molecule has 2 aromatic rings. The van der Waals surface area contributed by atoms with Crippen LogP contribution >= 0.6 is 0 Å². The van der Waals surface area contributed by atoms with Crippen molar-refractivity contribution in [1.29, 1.82) is 0 Å². The summed E-state index contributed by atoms with van der Waals surface area (Å²) in [5.41, 5.74) is 4.21. The van der Waals surface area contributed by atoms with Crippen LogP contribution in [-0.2, 0) is 18.3 Å². The van der Waals surface area contributed by atoms with Crippen molar-refractivity contribution >= 4 is 6.71 Å². The second-order valence-electron chi connectivity index (χ2n) is 8.85. The van der Waals surface area contributed by atoms with Crippen LogP contribution in [0.25, 0.3) is 0 Å². The fraction of sp³-hybridized carbons (Fsp3) is 0.586. The van der Waals surface area contributed by atoms with E-state index in [-0.39, 0.29) is 5.41 Å². The van der Waals surface area contributed by atoms with Crippen LogP contribution in [0.1, 0.15) is 98.3 Å². The highest BCUT2D eigenvalue weighted by Gasteiger charge is 2.13. The Morgan fingerprint density at radius 2 is 1.29 bits per heavy atom. The van der Waals surface area contributed by atoms with Crippen molar-refractivity contribution < 1.29 is 4.74 Å². The van der Waals surface area contributed by atoms with Gasteiger partial charge in [-0.15, -0.1) is 0 Å². The van der Waals surface area contributed by atoms with Gasteiger partial charge in [0.25, 0.3) is 0 Å². The Morgan fingerprint density at radius 1 is 0.742 bits per heavy atom. The van der Waals surface area contributed by atoms with Gasteiger partial charge >= 0.3 is 0 Å². The van der Waals surface area contributed by atoms with Crippen LogP contribution in [0.3, 0.4) is 0 Å². The first-order chi connectivity index (χ1) is 14.9. The Hall–Kier alpha value is -1.70. The molecule has 0 radical (unpaired) electrons. The van der Waals surface area contributed by atoms with E-state index in [4.69, 9.17) is 4.74 Å². The van der Waals surface area contributed by atoms with E-state index in [1.807, 2.05) is 27.7 Å². The fourth-order valence-electron chi connectivity index (χ4n) is 3.46. The number of unbranched alkanes of at least 4 members (excludes halogenated alkanes) is 2. The van der Waals surface area contributed by atoms with Gasteiger partial charge in [-0.05, 0) is 35.0 Å². The molecule has 0 unspecified atom stereocenters. The third-order valence-electron chi connectivity index (χ3n) is 5.47. The minimum absolute atomic E-state index is 0.182. The lowest BCUT2D eigenvalue weighted by Gasteiger charge is -2.19. The summed E-state index contributed by atoms with van der Waals surface area (Å²) in [5.74, 6) is 0.939. The summed E-state index contributed by atoms with van der Waals surface area (Å²) < 4.78 is 5.97. The molecule has 0 aliphatic rings. The zero-order valence-electron chi connectivity index (χ0n) is 22.1. The highest BCUT2D eigenvalue weighted by molar-refractivity contribution is 6.58. The van der Waals surface area contributed by atoms with Gasteiger partial charge in [-0.1, -0.05) is 136 Å². The lowest BCUT2D eigenvalue weighted by Crippen LogP contribution is -2.15. The van der Waals surface area contributed by atoms with Gasteiger partial charge in [0.1, 0.15) is 19.1 Å². The predicted octanol–water partition coefficient (Wildman–Crippen LogP) is 9.40. The molecule has 0 atom stereocenters. The molecule has 0 aliphatic heterocycles. The van der Waals surface area contributed by atoms with Crippen molar-refractivity contribution in [1.82, 2.24) is 0 Å². The largest absolute Gasteiger partial charge is 0.489 e. The summed E-state index contributed by atoms with van der Waals surface area (Å²) in [6, 6.07) is 17.5. The SMILES string of the molecule is CC.CC.CCCCCB(CC)Cc1ccc(COc2ccc(C(C)(C)C)cc2)cc1. The molecule has 2 aromatic carbocycles. The molecule has 0 spiro atoms. The first-order valence-electron chi connectivity index (χ1n) is 12.7. The van der Waals surface area contributed by atoms with Crippen LogP contribution in [-0.4, -0.2) is 6.71 Å². The molecular formula is C29H49BO. The standard InChI is InChI=1S/C25H37BO.2C2H6/c1-6-8-9-18-26(7-2)19-21-10-12-22(13-11-21)20-27-24-16-14-23(15-17-24)25(3,4)5;2*1-2/h10-17H,6-9,18-20H2,1-5H3;2*1-2H3. The zero-order valence-corrected chi connectivity index (χ0v) is 22.1. The maximum Gasteiger partial charge on any atom is 0.144 e. The highest BCUT2D eigenvalue weighted by Crippen LogP contribution is 2.24. The number of hydrogen-bond donors (Lipinski definition) is 0. The second kappa shape index (κ2) is 16.9. The molecule has 1 nitrogen and oxygen atoms in total. The monoisotopic (exact) mass is 424 g/mol. The van der Waals surface area contributed by atoms with E-state index >= 15 is 0 Å². The predicted molar refractivity (Wildman–Crippen MR) is 143 cm³/mol. The molecule has 0 bridgehead atoms. The van der Waals surface area contributed by atoms with Gasteiger partial charge in [0, 0.05) is 0 Å². The van der Waals surface area contributed by atoms with Gasteiger partial charge < -0.3 is 4.74 Å².